The van der Waals surface area contributed by atoms with Gasteiger partial charge in [-0.05, 0) is 34.7 Å². The fourth-order valence-electron chi connectivity index (χ4n) is 2.34. The lowest BCUT2D eigenvalue weighted by Gasteiger charge is -2.15. The fraction of sp³-hybridized carbons (Fsp3) is 0.0625. The van der Waals surface area contributed by atoms with Gasteiger partial charge < -0.3 is 5.73 Å². The molecule has 1 heterocycles. The highest BCUT2D eigenvalue weighted by Crippen LogP contribution is 2.28. The standard InChI is InChI=1S/C16H11F3N2/c17-13-6-10(7-14(18)15(13)19)16(20)11-3-1-2-9-4-5-21-8-12(9)11/h1-8,16H,20H2. The number of halogens is 3. The van der Waals surface area contributed by atoms with Gasteiger partial charge in [0.1, 0.15) is 0 Å². The average molecular weight is 288 g/mol. The Morgan fingerprint density at radius 2 is 1.71 bits per heavy atom. The van der Waals surface area contributed by atoms with E-state index in [1.165, 1.54) is 0 Å². The molecule has 0 bridgehead atoms. The van der Waals surface area contributed by atoms with Crippen LogP contribution in [0.2, 0.25) is 0 Å². The monoisotopic (exact) mass is 288 g/mol. The van der Waals surface area contributed by atoms with Crippen LogP contribution in [0, 0.1) is 17.5 Å². The van der Waals surface area contributed by atoms with Crippen molar-refractivity contribution < 1.29 is 13.2 Å². The molecule has 1 aromatic heterocycles. The van der Waals surface area contributed by atoms with E-state index < -0.39 is 23.5 Å². The number of hydrogen-bond acceptors (Lipinski definition) is 2. The lowest BCUT2D eigenvalue weighted by molar-refractivity contribution is 0.444. The van der Waals surface area contributed by atoms with Crippen LogP contribution in [0.5, 0.6) is 0 Å². The number of fused-ring (bicyclic) bond motifs is 1. The molecule has 106 valence electrons. The highest BCUT2D eigenvalue weighted by molar-refractivity contribution is 5.85. The molecule has 0 saturated heterocycles. The topological polar surface area (TPSA) is 38.9 Å². The predicted molar refractivity (Wildman–Crippen MR) is 74.1 cm³/mol. The molecule has 2 N–H and O–H groups in total. The molecular formula is C16H11F3N2. The normalized spacial score (nSPS) is 12.6. The predicted octanol–water partition coefficient (Wildman–Crippen LogP) is 3.70. The van der Waals surface area contributed by atoms with Gasteiger partial charge in [0, 0.05) is 17.8 Å². The summed E-state index contributed by atoms with van der Waals surface area (Å²) in [6.45, 7) is 0. The van der Waals surface area contributed by atoms with Crippen molar-refractivity contribution in [3.63, 3.8) is 0 Å². The van der Waals surface area contributed by atoms with Crippen molar-refractivity contribution in [1.82, 2.24) is 4.98 Å². The van der Waals surface area contributed by atoms with Gasteiger partial charge in [0.25, 0.3) is 0 Å². The smallest absolute Gasteiger partial charge is 0.194 e. The SMILES string of the molecule is NC(c1cc(F)c(F)c(F)c1)c1cccc2ccncc12. The van der Waals surface area contributed by atoms with Gasteiger partial charge in [-0.15, -0.1) is 0 Å². The molecule has 1 unspecified atom stereocenters. The van der Waals surface area contributed by atoms with Crippen LogP contribution in [0.1, 0.15) is 17.2 Å². The van der Waals surface area contributed by atoms with E-state index in [2.05, 4.69) is 4.98 Å². The number of pyridine rings is 1. The summed E-state index contributed by atoms with van der Waals surface area (Å²) < 4.78 is 39.7. The summed E-state index contributed by atoms with van der Waals surface area (Å²) in [6.07, 6.45) is 3.29. The molecule has 0 aliphatic heterocycles. The maximum atomic E-state index is 13.3. The Balaban J connectivity index is 2.15. The summed E-state index contributed by atoms with van der Waals surface area (Å²) in [5.41, 5.74) is 6.93. The van der Waals surface area contributed by atoms with Crippen molar-refractivity contribution in [3.05, 3.63) is 77.4 Å². The fourth-order valence-corrected chi connectivity index (χ4v) is 2.34. The highest BCUT2D eigenvalue weighted by Gasteiger charge is 2.17. The van der Waals surface area contributed by atoms with E-state index in [0.29, 0.717) is 5.56 Å². The molecule has 0 aliphatic carbocycles. The van der Waals surface area contributed by atoms with Crippen molar-refractivity contribution in [2.45, 2.75) is 6.04 Å². The van der Waals surface area contributed by atoms with Crippen LogP contribution in [0.4, 0.5) is 13.2 Å². The van der Waals surface area contributed by atoms with E-state index in [1.807, 2.05) is 12.1 Å². The van der Waals surface area contributed by atoms with Crippen LogP contribution >= 0.6 is 0 Å². The van der Waals surface area contributed by atoms with Crippen LogP contribution in [0.15, 0.2) is 48.8 Å². The minimum absolute atomic E-state index is 0.169. The van der Waals surface area contributed by atoms with Crippen LogP contribution in [0.25, 0.3) is 10.8 Å². The molecule has 0 spiro atoms. The molecule has 21 heavy (non-hydrogen) atoms. The second-order valence-corrected chi connectivity index (χ2v) is 4.72. The molecule has 2 nitrogen and oxygen atoms in total. The van der Waals surface area contributed by atoms with E-state index in [-0.39, 0.29) is 5.56 Å². The van der Waals surface area contributed by atoms with Gasteiger partial charge in [-0.1, -0.05) is 18.2 Å². The molecule has 0 saturated carbocycles. The number of nitrogens with two attached hydrogens (primary N) is 1. The average Bonchev–Trinajstić information content (AvgIpc) is 2.51. The molecular weight excluding hydrogens is 277 g/mol. The lowest BCUT2D eigenvalue weighted by atomic mass is 9.95. The summed E-state index contributed by atoms with van der Waals surface area (Å²) in [5, 5.41) is 1.71. The lowest BCUT2D eigenvalue weighted by Crippen LogP contribution is -2.13. The van der Waals surface area contributed by atoms with Crippen LogP contribution in [-0.4, -0.2) is 4.98 Å². The Morgan fingerprint density at radius 3 is 2.43 bits per heavy atom. The summed E-state index contributed by atoms with van der Waals surface area (Å²) in [6, 6.07) is 8.32. The summed E-state index contributed by atoms with van der Waals surface area (Å²) in [5.74, 6) is -4.00. The first kappa shape index (κ1) is 13.6. The first-order valence-corrected chi connectivity index (χ1v) is 6.30. The first-order valence-electron chi connectivity index (χ1n) is 6.30. The Labute approximate surface area is 119 Å². The maximum Gasteiger partial charge on any atom is 0.194 e. The second kappa shape index (κ2) is 5.18. The van der Waals surface area contributed by atoms with E-state index in [0.717, 1.165) is 22.9 Å². The van der Waals surface area contributed by atoms with Gasteiger partial charge in [-0.2, -0.15) is 0 Å². The van der Waals surface area contributed by atoms with E-state index in [1.54, 1.807) is 24.5 Å². The molecule has 0 amide bonds. The van der Waals surface area contributed by atoms with Gasteiger partial charge in [0.05, 0.1) is 6.04 Å². The molecule has 3 aromatic rings. The maximum absolute atomic E-state index is 13.3. The zero-order valence-corrected chi connectivity index (χ0v) is 10.9. The highest BCUT2D eigenvalue weighted by atomic mass is 19.2. The quantitative estimate of drug-likeness (QED) is 0.730. The van der Waals surface area contributed by atoms with Gasteiger partial charge in [-0.25, -0.2) is 13.2 Å². The van der Waals surface area contributed by atoms with Gasteiger partial charge in [-0.3, -0.25) is 4.98 Å². The zero-order chi connectivity index (χ0) is 15.0. The Kier molecular flexibility index (Phi) is 3.35. The number of aromatic nitrogens is 1. The van der Waals surface area contributed by atoms with E-state index in [9.17, 15) is 13.2 Å². The summed E-state index contributed by atoms with van der Waals surface area (Å²) >= 11 is 0. The van der Waals surface area contributed by atoms with Crippen molar-refractivity contribution in [2.24, 2.45) is 5.73 Å². The van der Waals surface area contributed by atoms with Crippen molar-refractivity contribution in [1.29, 1.82) is 0 Å². The molecule has 2 aromatic carbocycles. The third-order valence-corrected chi connectivity index (χ3v) is 3.42. The van der Waals surface area contributed by atoms with Crippen LogP contribution in [-0.2, 0) is 0 Å². The van der Waals surface area contributed by atoms with Crippen molar-refractivity contribution >= 4 is 10.8 Å². The van der Waals surface area contributed by atoms with E-state index >= 15 is 0 Å². The minimum Gasteiger partial charge on any atom is -0.320 e. The number of nitrogens with zero attached hydrogens (tertiary/aromatic N) is 1. The number of benzene rings is 2. The molecule has 0 aliphatic rings. The number of hydrogen-bond donors (Lipinski definition) is 1. The first-order chi connectivity index (χ1) is 10.1. The summed E-state index contributed by atoms with van der Waals surface area (Å²) in [4.78, 5) is 4.04. The Bertz CT molecular complexity index is 789. The molecule has 0 radical (unpaired) electrons. The van der Waals surface area contributed by atoms with Gasteiger partial charge >= 0.3 is 0 Å². The van der Waals surface area contributed by atoms with Crippen LogP contribution < -0.4 is 5.73 Å². The molecule has 3 rings (SSSR count). The Hall–Kier alpha value is -2.40. The summed E-state index contributed by atoms with van der Waals surface area (Å²) in [7, 11) is 0. The Morgan fingerprint density at radius 1 is 1.00 bits per heavy atom. The van der Waals surface area contributed by atoms with Crippen molar-refractivity contribution in [2.75, 3.05) is 0 Å². The molecule has 5 heteroatoms. The van der Waals surface area contributed by atoms with Gasteiger partial charge in [0.15, 0.2) is 17.5 Å². The number of rotatable bonds is 2. The second-order valence-electron chi connectivity index (χ2n) is 4.72. The van der Waals surface area contributed by atoms with Gasteiger partial charge in [0.2, 0.25) is 0 Å². The zero-order valence-electron chi connectivity index (χ0n) is 10.9. The third-order valence-electron chi connectivity index (χ3n) is 3.42. The van der Waals surface area contributed by atoms with Crippen LogP contribution in [0.3, 0.4) is 0 Å². The third kappa shape index (κ3) is 2.36. The largest absolute Gasteiger partial charge is 0.320 e. The minimum atomic E-state index is -1.49. The van der Waals surface area contributed by atoms with E-state index in [4.69, 9.17) is 5.73 Å². The van der Waals surface area contributed by atoms with Crippen molar-refractivity contribution in [3.8, 4) is 0 Å². The molecule has 1 atom stereocenters. The molecule has 0 fully saturated rings.